The highest BCUT2D eigenvalue weighted by Gasteiger charge is 2.78. The Kier molecular flexibility index (Phi) is 8.67. The lowest BCUT2D eigenvalue weighted by atomic mass is 9.44. The van der Waals surface area contributed by atoms with Gasteiger partial charge in [0.2, 0.25) is 0 Å². The van der Waals surface area contributed by atoms with Gasteiger partial charge in [0.15, 0.2) is 17.5 Å². The molecule has 1 aromatic carbocycles. The van der Waals surface area contributed by atoms with Gasteiger partial charge in [0.1, 0.15) is 17.8 Å². The molecule has 3 fully saturated rings. The molecule has 0 amide bonds. The van der Waals surface area contributed by atoms with Crippen LogP contribution in [0.15, 0.2) is 41.5 Å². The van der Waals surface area contributed by atoms with Gasteiger partial charge in [0.05, 0.1) is 35.7 Å². The van der Waals surface area contributed by atoms with Gasteiger partial charge in [-0.25, -0.2) is 4.79 Å². The monoisotopic (exact) mass is 650 g/mol. The highest BCUT2D eigenvalue weighted by atomic mass is 32.0. The quantitative estimate of drug-likeness (QED) is 0.202. The maximum atomic E-state index is 15.1. The molecule has 2 saturated carbocycles. The van der Waals surface area contributed by atoms with E-state index in [0.717, 1.165) is 0 Å². The number of carbonyl (C=O) groups excluding carboxylic acids is 4. The predicted molar refractivity (Wildman–Crippen MR) is 162 cm³/mol. The topological polar surface area (TPSA) is 155 Å². The summed E-state index contributed by atoms with van der Waals surface area (Å²) in [6.45, 7) is 8.87. The van der Waals surface area contributed by atoms with Gasteiger partial charge in [-0.2, -0.15) is 0 Å². The van der Waals surface area contributed by atoms with Gasteiger partial charge in [-0.05, 0) is 37.1 Å². The molecule has 0 spiro atoms. The Morgan fingerprint density at radius 3 is 2.27 bits per heavy atom. The van der Waals surface area contributed by atoms with Crippen LogP contribution < -0.4 is 0 Å². The number of hydrogen-bond donors (Lipinski definition) is 2. The van der Waals surface area contributed by atoms with Crippen LogP contribution in [0.3, 0.4) is 0 Å². The Hall–Kier alpha value is -2.26. The molecular formula is C31H40O11P2. The van der Waals surface area contributed by atoms with Crippen molar-refractivity contribution in [3.05, 3.63) is 47.0 Å². The number of aliphatic hydroxyl groups excluding tert-OH is 1. The molecule has 5 rings (SSSR count). The fourth-order valence-corrected chi connectivity index (χ4v) is 9.14. The summed E-state index contributed by atoms with van der Waals surface area (Å²) in [5.74, 6) is -4.00. The van der Waals surface area contributed by atoms with Gasteiger partial charge in [-0.1, -0.05) is 41.0 Å². The molecule has 1 aromatic rings. The third-order valence-electron chi connectivity index (χ3n) is 10.4. The number of rotatable bonds is 6. The second kappa shape index (κ2) is 11.5. The number of fused-ring (bicyclic) bond motifs is 5. The van der Waals surface area contributed by atoms with E-state index in [-0.39, 0.29) is 39.1 Å². The molecule has 240 valence electrons. The van der Waals surface area contributed by atoms with Crippen LogP contribution in [0, 0.1) is 16.7 Å². The zero-order chi connectivity index (χ0) is 32.4. The van der Waals surface area contributed by atoms with Crippen LogP contribution >= 0.6 is 17.4 Å². The van der Waals surface area contributed by atoms with Gasteiger partial charge in [0.25, 0.3) is 0 Å². The molecule has 4 aliphatic rings. The first kappa shape index (κ1) is 33.1. The van der Waals surface area contributed by atoms with Crippen molar-refractivity contribution < 1.29 is 52.9 Å². The Bertz CT molecular complexity index is 1400. The summed E-state index contributed by atoms with van der Waals surface area (Å²) < 4.78 is 30.3. The molecule has 0 radical (unpaired) electrons. The second-order valence-corrected chi connectivity index (χ2v) is 14.2. The van der Waals surface area contributed by atoms with E-state index in [1.54, 1.807) is 58.0 Å². The Balaban J connectivity index is 1.86. The van der Waals surface area contributed by atoms with Gasteiger partial charge >= 0.3 is 17.9 Å². The van der Waals surface area contributed by atoms with Crippen molar-refractivity contribution >= 4 is 41.1 Å². The van der Waals surface area contributed by atoms with Crippen molar-refractivity contribution in [1.82, 2.24) is 0 Å². The number of aliphatic hydroxyl groups is 2. The molecule has 13 heteroatoms. The summed E-state index contributed by atoms with van der Waals surface area (Å²) in [7, 11) is 2.33. The molecule has 1 aliphatic heterocycles. The third kappa shape index (κ3) is 4.78. The Morgan fingerprint density at radius 2 is 1.73 bits per heavy atom. The first-order chi connectivity index (χ1) is 20.6. The summed E-state index contributed by atoms with van der Waals surface area (Å²) in [4.78, 5) is 54.3. The maximum absolute atomic E-state index is 15.1. The first-order valence-electron chi connectivity index (χ1n) is 14.6. The van der Waals surface area contributed by atoms with Crippen molar-refractivity contribution in [1.29, 1.82) is 0 Å². The van der Waals surface area contributed by atoms with Crippen molar-refractivity contribution in [2.45, 2.75) is 96.1 Å². The smallest absolute Gasteiger partial charge is 0.338 e. The number of benzene rings is 1. The molecule has 2 unspecified atom stereocenters. The van der Waals surface area contributed by atoms with E-state index < -0.39 is 82.2 Å². The molecule has 11 atom stereocenters. The van der Waals surface area contributed by atoms with Crippen molar-refractivity contribution in [2.24, 2.45) is 16.7 Å². The van der Waals surface area contributed by atoms with Crippen LogP contribution in [-0.2, 0) is 37.9 Å². The molecule has 1 saturated heterocycles. The van der Waals surface area contributed by atoms with Crippen molar-refractivity contribution in [3.63, 3.8) is 0 Å². The molecule has 2 N–H and O–H groups in total. The lowest BCUT2D eigenvalue weighted by Gasteiger charge is -2.67. The molecule has 3 aliphatic carbocycles. The Labute approximate surface area is 260 Å². The summed E-state index contributed by atoms with van der Waals surface area (Å²) in [5.41, 5.74) is -5.84. The maximum Gasteiger partial charge on any atom is 0.338 e. The van der Waals surface area contributed by atoms with Crippen LogP contribution in [0.2, 0.25) is 0 Å². The summed E-state index contributed by atoms with van der Waals surface area (Å²) >= 11 is 0. The number of ketones is 1. The van der Waals surface area contributed by atoms with Crippen LogP contribution in [0.5, 0.6) is 0 Å². The van der Waals surface area contributed by atoms with Crippen molar-refractivity contribution in [2.75, 3.05) is 6.61 Å². The zero-order valence-corrected chi connectivity index (χ0v) is 27.8. The highest BCUT2D eigenvalue weighted by molar-refractivity contribution is 8.00. The van der Waals surface area contributed by atoms with Crippen LogP contribution in [-0.4, -0.2) is 82.2 Å². The second-order valence-electron chi connectivity index (χ2n) is 13.0. The number of Topliss-reactive ketones (excluding diaryl/α,β-unsaturated/α-hetero) is 1. The van der Waals surface area contributed by atoms with E-state index in [4.69, 9.17) is 23.5 Å². The lowest BCUT2D eigenvalue weighted by Crippen LogP contribution is -2.82. The fourth-order valence-electron chi connectivity index (χ4n) is 8.14. The van der Waals surface area contributed by atoms with E-state index in [2.05, 4.69) is 8.93 Å². The minimum atomic E-state index is -2.06. The van der Waals surface area contributed by atoms with Gasteiger partial charge in [-0.3, -0.25) is 14.4 Å². The molecule has 2 bridgehead atoms. The van der Waals surface area contributed by atoms with E-state index in [1.807, 2.05) is 0 Å². The van der Waals surface area contributed by atoms with E-state index in [1.165, 1.54) is 13.8 Å². The highest BCUT2D eigenvalue weighted by Crippen LogP contribution is 2.65. The minimum absolute atomic E-state index is 0.140. The van der Waals surface area contributed by atoms with E-state index in [0.29, 0.717) is 5.57 Å². The Morgan fingerprint density at radius 1 is 1.07 bits per heavy atom. The van der Waals surface area contributed by atoms with Crippen LogP contribution in [0.4, 0.5) is 0 Å². The summed E-state index contributed by atoms with van der Waals surface area (Å²) in [6, 6.07) is 8.20. The standard InChI is InChI=1S/C31H40O11P2/c1-15-19(34)13-31(37)26(40-27(36)18-10-8-7-9-11-18)24-29(6,25(35)23(39-16(2)32)22(15)28(31,4)5)20(42-44-43)12-21-30(24,14-38-21)41-17(3)33/h7-11,19-21,23-24,26,34,37,44H,12-14,43H2,1-6H3/t19-,20-,21+,23+,24-,26-,29+,30-,31+/m0/s1. The number of esters is 3. The lowest BCUT2D eigenvalue weighted by molar-refractivity contribution is -0.343. The largest absolute Gasteiger partial charge is 0.455 e. The van der Waals surface area contributed by atoms with Crippen molar-refractivity contribution in [3.8, 4) is 0 Å². The zero-order valence-electron chi connectivity index (χ0n) is 25.6. The van der Waals surface area contributed by atoms with Gasteiger partial charge in [-0.15, -0.1) is 0 Å². The summed E-state index contributed by atoms with van der Waals surface area (Å²) in [5, 5.41) is 24.4. The first-order valence-corrected chi connectivity index (χ1v) is 17.3. The molecule has 44 heavy (non-hydrogen) atoms. The summed E-state index contributed by atoms with van der Waals surface area (Å²) in [6.07, 6.45) is -6.11. The average Bonchev–Trinajstić information content (AvgIpc) is 2.94. The average molecular weight is 651 g/mol. The number of ether oxygens (including phenoxy) is 4. The number of carbonyl (C=O) groups is 4. The molecule has 11 nitrogen and oxygen atoms in total. The molecular weight excluding hydrogens is 610 g/mol. The molecule has 0 aromatic heterocycles. The number of hydrogen-bond acceptors (Lipinski definition) is 11. The minimum Gasteiger partial charge on any atom is -0.455 e. The van der Waals surface area contributed by atoms with E-state index >= 15 is 4.79 Å². The normalized spacial score (nSPS) is 39.3. The van der Waals surface area contributed by atoms with Gasteiger partial charge < -0.3 is 33.7 Å². The van der Waals surface area contributed by atoms with Gasteiger partial charge in [0, 0.05) is 40.6 Å². The fraction of sp³-hybridized carbons (Fsp3) is 0.613. The van der Waals surface area contributed by atoms with Crippen LogP contribution in [0.1, 0.15) is 64.7 Å². The van der Waals surface area contributed by atoms with Crippen LogP contribution in [0.25, 0.3) is 0 Å². The predicted octanol–water partition coefficient (Wildman–Crippen LogP) is 3.06. The van der Waals surface area contributed by atoms with E-state index in [9.17, 15) is 24.6 Å². The SMILES string of the molecule is CC(=O)O[C@H]1C(=O)[C@]2(C)[C@@H](OPP)C[C@H]3OC[C@@]3(OC(C)=O)[C@H]2[C@H](OC(=O)c2ccccc2)[C@]2(O)C[C@H](O)C(C)=C1C2(C)C. The third-order valence-corrected chi connectivity index (χ3v) is 11.2. The molecule has 1 heterocycles.